The van der Waals surface area contributed by atoms with E-state index in [4.69, 9.17) is 9.47 Å². The van der Waals surface area contributed by atoms with Gasteiger partial charge >= 0.3 is 0 Å². The quantitative estimate of drug-likeness (QED) is 0.541. The average molecular weight is 399 g/mol. The molecule has 3 rings (SSSR count). The minimum atomic E-state index is -0.527. The Balaban J connectivity index is 1.79. The lowest BCUT2D eigenvalue weighted by atomic mass is 10.0. The summed E-state index contributed by atoms with van der Waals surface area (Å²) in [5, 5.41) is 14.0. The van der Waals surface area contributed by atoms with Crippen LogP contribution >= 0.6 is 0 Å². The molecule has 1 aliphatic rings. The van der Waals surface area contributed by atoms with Crippen LogP contribution < -0.4 is 14.8 Å². The number of nitro benzene ring substituents is 1. The summed E-state index contributed by atoms with van der Waals surface area (Å²) in [6, 6.07) is 11.8. The Hall–Kier alpha value is -3.13. The third-order valence-electron chi connectivity index (χ3n) is 5.18. The number of nitrogens with one attached hydrogen (secondary N) is 1. The Labute approximate surface area is 169 Å². The summed E-state index contributed by atoms with van der Waals surface area (Å²) in [5.74, 6) is 0.679. The molecule has 1 aliphatic heterocycles. The first kappa shape index (κ1) is 20.6. The number of benzene rings is 2. The van der Waals surface area contributed by atoms with Crippen molar-refractivity contribution in [2.45, 2.75) is 18.9 Å². The first-order valence-electron chi connectivity index (χ1n) is 9.52. The molecule has 2 aromatic carbocycles. The number of likely N-dealkylation sites (tertiary alicyclic amines) is 1. The van der Waals surface area contributed by atoms with Crippen molar-refractivity contribution in [2.24, 2.45) is 0 Å². The van der Waals surface area contributed by atoms with Gasteiger partial charge in [-0.3, -0.25) is 19.8 Å². The monoisotopic (exact) mass is 399 g/mol. The van der Waals surface area contributed by atoms with Crippen LogP contribution in [0.3, 0.4) is 0 Å². The Morgan fingerprint density at radius 2 is 1.83 bits per heavy atom. The molecule has 0 aliphatic carbocycles. The highest BCUT2D eigenvalue weighted by molar-refractivity contribution is 5.97. The molecule has 8 heteroatoms. The molecule has 1 atom stereocenters. The summed E-state index contributed by atoms with van der Waals surface area (Å²) in [7, 11) is 3.06. The molecular formula is C21H25N3O5. The van der Waals surface area contributed by atoms with Crippen molar-refractivity contribution in [3.8, 4) is 11.5 Å². The molecule has 1 heterocycles. The molecule has 0 saturated carbocycles. The topological polar surface area (TPSA) is 93.9 Å². The molecule has 0 radical (unpaired) electrons. The number of amides is 1. The van der Waals surface area contributed by atoms with E-state index in [9.17, 15) is 14.9 Å². The van der Waals surface area contributed by atoms with E-state index in [1.54, 1.807) is 7.11 Å². The third-order valence-corrected chi connectivity index (χ3v) is 5.18. The van der Waals surface area contributed by atoms with E-state index in [1.165, 1.54) is 25.3 Å². The Morgan fingerprint density at radius 3 is 2.41 bits per heavy atom. The maximum Gasteiger partial charge on any atom is 0.270 e. The Kier molecular flexibility index (Phi) is 6.66. The van der Waals surface area contributed by atoms with Crippen molar-refractivity contribution in [3.63, 3.8) is 0 Å². The number of methoxy groups -OCH3 is 2. The zero-order valence-corrected chi connectivity index (χ0v) is 16.6. The van der Waals surface area contributed by atoms with Gasteiger partial charge in [0.15, 0.2) is 0 Å². The molecule has 1 unspecified atom stereocenters. The predicted molar refractivity (Wildman–Crippen MR) is 109 cm³/mol. The molecule has 154 valence electrons. The second kappa shape index (κ2) is 9.38. The zero-order chi connectivity index (χ0) is 20.8. The van der Waals surface area contributed by atoms with E-state index in [1.807, 2.05) is 24.3 Å². The highest BCUT2D eigenvalue weighted by Crippen LogP contribution is 2.27. The van der Waals surface area contributed by atoms with Crippen molar-refractivity contribution < 1.29 is 19.2 Å². The molecule has 29 heavy (non-hydrogen) atoms. The third kappa shape index (κ3) is 4.83. The summed E-state index contributed by atoms with van der Waals surface area (Å²) >= 11 is 0. The molecule has 2 aromatic rings. The van der Waals surface area contributed by atoms with Crippen LogP contribution in [0.4, 0.5) is 5.69 Å². The fraction of sp³-hybridized carbons (Fsp3) is 0.381. The second-order valence-corrected chi connectivity index (χ2v) is 6.88. The van der Waals surface area contributed by atoms with Gasteiger partial charge in [0.2, 0.25) is 0 Å². The van der Waals surface area contributed by atoms with Gasteiger partial charge in [-0.1, -0.05) is 12.1 Å². The molecule has 0 bridgehead atoms. The van der Waals surface area contributed by atoms with Crippen molar-refractivity contribution in [3.05, 3.63) is 63.7 Å². The molecule has 1 N–H and O–H groups in total. The van der Waals surface area contributed by atoms with Crippen LogP contribution in [0.15, 0.2) is 42.5 Å². The molecule has 1 fully saturated rings. The summed E-state index contributed by atoms with van der Waals surface area (Å²) < 4.78 is 10.4. The van der Waals surface area contributed by atoms with Crippen molar-refractivity contribution in [1.29, 1.82) is 0 Å². The molecule has 0 aromatic heterocycles. The summed E-state index contributed by atoms with van der Waals surface area (Å²) in [5.41, 5.74) is 1.08. The fourth-order valence-electron chi connectivity index (χ4n) is 3.61. The van der Waals surface area contributed by atoms with E-state index in [2.05, 4.69) is 10.2 Å². The van der Waals surface area contributed by atoms with Gasteiger partial charge in [0, 0.05) is 18.7 Å². The smallest absolute Gasteiger partial charge is 0.270 e. The number of nitro groups is 1. The number of rotatable bonds is 8. The zero-order valence-electron chi connectivity index (χ0n) is 16.6. The van der Waals surface area contributed by atoms with Gasteiger partial charge in [-0.15, -0.1) is 0 Å². The molecule has 8 nitrogen and oxygen atoms in total. The van der Waals surface area contributed by atoms with Gasteiger partial charge in [-0.2, -0.15) is 0 Å². The number of hydrogen-bond donors (Lipinski definition) is 1. The molecule has 0 spiro atoms. The first-order valence-corrected chi connectivity index (χ1v) is 9.52. The van der Waals surface area contributed by atoms with Crippen LogP contribution in [0, 0.1) is 10.1 Å². The van der Waals surface area contributed by atoms with Crippen LogP contribution in [-0.2, 0) is 0 Å². The summed E-state index contributed by atoms with van der Waals surface area (Å²) in [6.07, 6.45) is 2.25. The van der Waals surface area contributed by atoms with E-state index in [-0.39, 0.29) is 17.3 Å². The van der Waals surface area contributed by atoms with Gasteiger partial charge in [-0.05, 0) is 49.7 Å². The van der Waals surface area contributed by atoms with Crippen molar-refractivity contribution in [1.82, 2.24) is 10.2 Å². The van der Waals surface area contributed by atoms with Gasteiger partial charge in [0.25, 0.3) is 11.6 Å². The van der Waals surface area contributed by atoms with E-state index >= 15 is 0 Å². The van der Waals surface area contributed by atoms with E-state index < -0.39 is 10.8 Å². The number of ether oxygens (including phenoxy) is 2. The van der Waals surface area contributed by atoms with Crippen molar-refractivity contribution >= 4 is 11.6 Å². The van der Waals surface area contributed by atoms with Crippen molar-refractivity contribution in [2.75, 3.05) is 33.9 Å². The number of carbonyl (C=O) groups excluding carboxylic acids is 1. The minimum absolute atomic E-state index is 0.0112. The van der Waals surface area contributed by atoms with Gasteiger partial charge in [0.05, 0.1) is 30.7 Å². The molecule has 1 saturated heterocycles. The van der Waals surface area contributed by atoms with Crippen LogP contribution in [0.5, 0.6) is 11.5 Å². The van der Waals surface area contributed by atoms with E-state index in [0.717, 1.165) is 37.2 Å². The summed E-state index contributed by atoms with van der Waals surface area (Å²) in [6.45, 7) is 2.32. The van der Waals surface area contributed by atoms with E-state index in [0.29, 0.717) is 12.3 Å². The largest absolute Gasteiger partial charge is 0.497 e. The number of carbonyl (C=O) groups is 1. The standard InChI is InChI=1S/C21H25N3O5/c1-28-17-8-5-15(6-9-17)19(23-11-3-4-12-23)14-22-21(25)18-13-16(24(26)27)7-10-20(18)29-2/h5-10,13,19H,3-4,11-12,14H2,1-2H3,(H,22,25). The minimum Gasteiger partial charge on any atom is -0.497 e. The van der Waals surface area contributed by atoms with Gasteiger partial charge in [-0.25, -0.2) is 0 Å². The van der Waals surface area contributed by atoms with Crippen LogP contribution in [-0.4, -0.2) is 49.6 Å². The highest BCUT2D eigenvalue weighted by Gasteiger charge is 2.25. The molecular weight excluding hydrogens is 374 g/mol. The highest BCUT2D eigenvalue weighted by atomic mass is 16.6. The maximum absolute atomic E-state index is 12.8. The normalized spacial score (nSPS) is 15.0. The lowest BCUT2D eigenvalue weighted by Gasteiger charge is -2.28. The first-order chi connectivity index (χ1) is 14.0. The number of nitrogens with zero attached hydrogens (tertiary/aromatic N) is 2. The van der Waals surface area contributed by atoms with Gasteiger partial charge in [0.1, 0.15) is 11.5 Å². The van der Waals surface area contributed by atoms with Crippen LogP contribution in [0.25, 0.3) is 0 Å². The number of hydrogen-bond acceptors (Lipinski definition) is 6. The average Bonchev–Trinajstić information content (AvgIpc) is 3.28. The Bertz CT molecular complexity index is 863. The SMILES string of the molecule is COc1ccc(C(CNC(=O)c2cc([N+](=O)[O-])ccc2OC)N2CCCC2)cc1. The van der Waals surface area contributed by atoms with Gasteiger partial charge < -0.3 is 14.8 Å². The second-order valence-electron chi connectivity index (χ2n) is 6.88. The van der Waals surface area contributed by atoms with Crippen LogP contribution in [0.1, 0.15) is 34.8 Å². The molecule has 1 amide bonds. The lowest BCUT2D eigenvalue weighted by molar-refractivity contribution is -0.384. The maximum atomic E-state index is 12.8. The Morgan fingerprint density at radius 1 is 1.14 bits per heavy atom. The summed E-state index contributed by atoms with van der Waals surface area (Å²) in [4.78, 5) is 25.7. The fourth-order valence-corrected chi connectivity index (χ4v) is 3.61. The predicted octanol–water partition coefficient (Wildman–Crippen LogP) is 3.18. The number of non-ortho nitro benzene ring substituents is 1. The lowest BCUT2D eigenvalue weighted by Crippen LogP contribution is -2.37. The van der Waals surface area contributed by atoms with Crippen LogP contribution in [0.2, 0.25) is 0 Å².